The average molecular weight is 482 g/mol. The Morgan fingerprint density at radius 3 is 2.32 bits per heavy atom. The maximum atomic E-state index is 13.0. The predicted octanol–water partition coefficient (Wildman–Crippen LogP) is 2.13. The van der Waals surface area contributed by atoms with Crippen molar-refractivity contribution in [2.24, 2.45) is 0 Å². The van der Waals surface area contributed by atoms with Crippen LogP contribution in [0.4, 0.5) is 0 Å². The summed E-state index contributed by atoms with van der Waals surface area (Å²) in [5.41, 5.74) is 0.925. The zero-order valence-electron chi connectivity index (χ0n) is 18.8. The van der Waals surface area contributed by atoms with Crippen molar-refractivity contribution >= 4 is 15.9 Å². The number of carbonyl (C=O) groups excluding carboxylic acids is 1. The molecule has 5 rings (SSSR count). The molecule has 1 saturated heterocycles. The number of amides is 1. The number of carbonyl (C=O) groups is 1. The van der Waals surface area contributed by atoms with Crippen LogP contribution in [0.1, 0.15) is 47.8 Å². The lowest BCUT2D eigenvalue weighted by atomic mass is 10.2. The van der Waals surface area contributed by atoms with Crippen LogP contribution in [0.3, 0.4) is 0 Å². The van der Waals surface area contributed by atoms with Gasteiger partial charge in [0.2, 0.25) is 10.0 Å². The van der Waals surface area contributed by atoms with Gasteiger partial charge in [-0.15, -0.1) is 0 Å². The number of para-hydroxylation sites is 1. The van der Waals surface area contributed by atoms with Crippen LogP contribution in [-0.4, -0.2) is 52.6 Å². The molecule has 1 aliphatic heterocycles. The van der Waals surface area contributed by atoms with Crippen LogP contribution >= 0.6 is 0 Å². The van der Waals surface area contributed by atoms with Crippen molar-refractivity contribution in [3.05, 3.63) is 76.5 Å². The van der Waals surface area contributed by atoms with E-state index in [9.17, 15) is 18.0 Å². The van der Waals surface area contributed by atoms with E-state index in [1.165, 1.54) is 33.3 Å². The van der Waals surface area contributed by atoms with E-state index >= 15 is 0 Å². The summed E-state index contributed by atoms with van der Waals surface area (Å²) in [5, 5.41) is 7.33. The Labute approximate surface area is 198 Å². The molecule has 9 nitrogen and oxygen atoms in total. The quantitative estimate of drug-likeness (QED) is 0.531. The highest BCUT2D eigenvalue weighted by molar-refractivity contribution is 7.89. The van der Waals surface area contributed by atoms with Crippen LogP contribution in [0, 0.1) is 0 Å². The second kappa shape index (κ2) is 9.19. The number of hydrogen-bond donors (Lipinski definition) is 1. The molecule has 2 heterocycles. The number of sulfonamides is 1. The lowest BCUT2D eigenvalue weighted by molar-refractivity contribution is 0.0951. The van der Waals surface area contributed by atoms with Crippen molar-refractivity contribution in [3.63, 3.8) is 0 Å². The Morgan fingerprint density at radius 2 is 1.68 bits per heavy atom. The van der Waals surface area contributed by atoms with Gasteiger partial charge in [0.25, 0.3) is 5.91 Å². The summed E-state index contributed by atoms with van der Waals surface area (Å²) in [7, 11) is -3.51. The molecule has 1 amide bonds. The molecule has 0 bridgehead atoms. The minimum atomic E-state index is -3.51. The number of nitrogens with zero attached hydrogens (tertiary/aromatic N) is 4. The topological polar surface area (TPSA) is 106 Å². The van der Waals surface area contributed by atoms with Crippen molar-refractivity contribution in [1.82, 2.24) is 24.0 Å². The number of hydrogen-bond acceptors (Lipinski definition) is 5. The minimum absolute atomic E-state index is 0.191. The van der Waals surface area contributed by atoms with E-state index in [2.05, 4.69) is 10.4 Å². The molecule has 1 N–H and O–H groups in total. The van der Waals surface area contributed by atoms with Crippen LogP contribution < -0.4 is 11.0 Å². The highest BCUT2D eigenvalue weighted by Gasteiger charge is 2.31. The standard InChI is InChI=1S/C24H27N5O4S/c30-23(19-10-12-21(13-11-19)34(32,33)27-15-4-5-16-27)25-14-17-28-24(31)29(20-6-2-1-3-7-20)22(26-28)18-8-9-18/h1-3,6-7,10-13,18H,4-5,8-9,14-17H2,(H,25,30). The molecular weight excluding hydrogens is 454 g/mol. The summed E-state index contributed by atoms with van der Waals surface area (Å²) in [4.78, 5) is 25.8. The monoisotopic (exact) mass is 481 g/mol. The van der Waals surface area contributed by atoms with Crippen molar-refractivity contribution in [2.75, 3.05) is 19.6 Å². The molecule has 2 aliphatic rings. The molecule has 1 saturated carbocycles. The molecule has 34 heavy (non-hydrogen) atoms. The normalized spacial score (nSPS) is 16.6. The van der Waals surface area contributed by atoms with Gasteiger partial charge in [0, 0.05) is 31.1 Å². The first-order valence-corrected chi connectivity index (χ1v) is 13.0. The lowest BCUT2D eigenvalue weighted by Crippen LogP contribution is -2.32. The maximum absolute atomic E-state index is 13.0. The van der Waals surface area contributed by atoms with Gasteiger partial charge in [0.05, 0.1) is 17.1 Å². The van der Waals surface area contributed by atoms with E-state index < -0.39 is 10.0 Å². The van der Waals surface area contributed by atoms with E-state index in [0.29, 0.717) is 24.6 Å². The van der Waals surface area contributed by atoms with Crippen molar-refractivity contribution in [3.8, 4) is 5.69 Å². The Kier molecular flexibility index (Phi) is 6.09. The highest BCUT2D eigenvalue weighted by atomic mass is 32.2. The van der Waals surface area contributed by atoms with Gasteiger partial charge < -0.3 is 5.32 Å². The molecule has 178 valence electrons. The van der Waals surface area contributed by atoms with Gasteiger partial charge in [-0.3, -0.25) is 4.79 Å². The van der Waals surface area contributed by atoms with Gasteiger partial charge in [0.1, 0.15) is 5.82 Å². The van der Waals surface area contributed by atoms with Gasteiger partial charge in [0.15, 0.2) is 0 Å². The summed E-state index contributed by atoms with van der Waals surface area (Å²) in [5.74, 6) is 0.722. The van der Waals surface area contributed by atoms with Crippen LogP contribution in [-0.2, 0) is 16.6 Å². The maximum Gasteiger partial charge on any atom is 0.350 e. The molecule has 1 aliphatic carbocycles. The summed E-state index contributed by atoms with van der Waals surface area (Å²) in [6.07, 6.45) is 3.77. The Balaban J connectivity index is 1.24. The van der Waals surface area contributed by atoms with Crippen LogP contribution in [0.25, 0.3) is 5.69 Å². The second-order valence-electron chi connectivity index (χ2n) is 8.70. The molecule has 0 spiro atoms. The summed E-state index contributed by atoms with van der Waals surface area (Å²) in [6.45, 7) is 1.53. The third-order valence-electron chi connectivity index (χ3n) is 6.25. The molecule has 10 heteroatoms. The SMILES string of the molecule is O=C(NCCn1nc(C2CC2)n(-c2ccccc2)c1=O)c1ccc(S(=O)(=O)N2CCCC2)cc1. The fourth-order valence-corrected chi connectivity index (χ4v) is 5.75. The first-order valence-electron chi connectivity index (χ1n) is 11.6. The van der Waals surface area contributed by atoms with Crippen molar-refractivity contribution < 1.29 is 13.2 Å². The van der Waals surface area contributed by atoms with E-state index in [1.807, 2.05) is 30.3 Å². The molecular formula is C24H27N5O4S. The van der Waals surface area contributed by atoms with Crippen LogP contribution in [0.2, 0.25) is 0 Å². The molecule has 0 radical (unpaired) electrons. The number of nitrogens with one attached hydrogen (secondary N) is 1. The minimum Gasteiger partial charge on any atom is -0.350 e. The van der Waals surface area contributed by atoms with Crippen molar-refractivity contribution in [2.45, 2.75) is 43.0 Å². The van der Waals surface area contributed by atoms with Crippen LogP contribution in [0.15, 0.2) is 64.3 Å². The number of aromatic nitrogens is 3. The Bertz CT molecular complexity index is 1340. The van der Waals surface area contributed by atoms with Crippen molar-refractivity contribution in [1.29, 1.82) is 0 Å². The average Bonchev–Trinajstić information content (AvgIpc) is 3.43. The third-order valence-corrected chi connectivity index (χ3v) is 8.16. The summed E-state index contributed by atoms with van der Waals surface area (Å²) < 4.78 is 29.8. The van der Waals surface area contributed by atoms with Gasteiger partial charge in [-0.05, 0) is 62.1 Å². The summed E-state index contributed by atoms with van der Waals surface area (Å²) in [6, 6.07) is 15.4. The first-order chi connectivity index (χ1) is 16.4. The molecule has 2 aromatic carbocycles. The predicted molar refractivity (Wildman–Crippen MR) is 127 cm³/mol. The summed E-state index contributed by atoms with van der Waals surface area (Å²) >= 11 is 0. The fourth-order valence-electron chi connectivity index (χ4n) is 4.23. The second-order valence-corrected chi connectivity index (χ2v) is 10.6. The third kappa shape index (κ3) is 4.43. The van der Waals surface area contributed by atoms with Gasteiger partial charge in [-0.25, -0.2) is 22.5 Å². The smallest absolute Gasteiger partial charge is 0.350 e. The molecule has 3 aromatic rings. The Morgan fingerprint density at radius 1 is 1.00 bits per heavy atom. The van der Waals surface area contributed by atoms with E-state index in [0.717, 1.165) is 37.2 Å². The molecule has 0 atom stereocenters. The largest absolute Gasteiger partial charge is 0.350 e. The molecule has 0 unspecified atom stereocenters. The molecule has 2 fully saturated rings. The molecule has 1 aromatic heterocycles. The van der Waals surface area contributed by atoms with E-state index in [4.69, 9.17) is 0 Å². The van der Waals surface area contributed by atoms with Crippen LogP contribution in [0.5, 0.6) is 0 Å². The highest BCUT2D eigenvalue weighted by Crippen LogP contribution is 2.39. The Hall–Kier alpha value is -3.24. The van der Waals surface area contributed by atoms with Gasteiger partial charge in [-0.1, -0.05) is 18.2 Å². The number of benzene rings is 2. The lowest BCUT2D eigenvalue weighted by Gasteiger charge is -2.15. The fraction of sp³-hybridized carbons (Fsp3) is 0.375. The van der Waals surface area contributed by atoms with Gasteiger partial charge in [-0.2, -0.15) is 9.40 Å². The van der Waals surface area contributed by atoms with E-state index in [-0.39, 0.29) is 29.6 Å². The first kappa shape index (κ1) is 22.5. The van der Waals surface area contributed by atoms with E-state index in [1.54, 1.807) is 4.57 Å². The number of rotatable bonds is 8. The zero-order chi connectivity index (χ0) is 23.7. The zero-order valence-corrected chi connectivity index (χ0v) is 19.6. The van der Waals surface area contributed by atoms with Gasteiger partial charge >= 0.3 is 5.69 Å².